The van der Waals surface area contributed by atoms with Crippen molar-refractivity contribution in [1.29, 1.82) is 0 Å². The number of hydrogen-bond donors (Lipinski definition) is 0. The van der Waals surface area contributed by atoms with Gasteiger partial charge in [0, 0.05) is 5.56 Å². The molecule has 0 N–H and O–H groups in total. The minimum absolute atomic E-state index is 0.543. The van der Waals surface area contributed by atoms with E-state index in [0.717, 1.165) is 27.4 Å². The van der Waals surface area contributed by atoms with Crippen LogP contribution in [0.4, 0.5) is 0 Å². The first-order valence-corrected chi connectivity index (χ1v) is 7.33. The number of halogens is 1. The molecule has 2 aromatic carbocycles. The van der Waals surface area contributed by atoms with Gasteiger partial charge in [0.05, 0.1) is 17.7 Å². The van der Waals surface area contributed by atoms with Crippen molar-refractivity contribution >= 4 is 22.9 Å². The lowest BCUT2D eigenvalue weighted by Gasteiger charge is -2.05. The lowest BCUT2D eigenvalue weighted by Crippen LogP contribution is -1.84. The normalized spacial score (nSPS) is 10.5. The van der Waals surface area contributed by atoms with Crippen molar-refractivity contribution < 1.29 is 4.74 Å². The molecule has 3 aromatic rings. The molecule has 0 amide bonds. The van der Waals surface area contributed by atoms with Crippen LogP contribution in [0.3, 0.4) is 0 Å². The Bertz CT molecular complexity index is 724. The van der Waals surface area contributed by atoms with Gasteiger partial charge in [-0.2, -0.15) is 0 Å². The average Bonchev–Trinajstić information content (AvgIpc) is 2.90. The number of benzene rings is 2. The van der Waals surface area contributed by atoms with Gasteiger partial charge in [0.2, 0.25) is 0 Å². The van der Waals surface area contributed by atoms with Gasteiger partial charge in [0.1, 0.15) is 5.75 Å². The summed E-state index contributed by atoms with van der Waals surface area (Å²) >= 11 is 7.60. The molecule has 0 aliphatic heterocycles. The molecule has 100 valence electrons. The van der Waals surface area contributed by atoms with Crippen molar-refractivity contribution in [3.8, 4) is 27.4 Å². The van der Waals surface area contributed by atoms with Crippen LogP contribution >= 0.6 is 22.9 Å². The Morgan fingerprint density at radius 3 is 2.50 bits per heavy atom. The Morgan fingerprint density at radius 1 is 1.00 bits per heavy atom. The molecular weight excluding hydrogens is 290 g/mol. The van der Waals surface area contributed by atoms with Gasteiger partial charge in [-0.15, -0.1) is 11.3 Å². The largest absolute Gasteiger partial charge is 0.497 e. The van der Waals surface area contributed by atoms with Gasteiger partial charge in [-0.3, -0.25) is 0 Å². The summed E-state index contributed by atoms with van der Waals surface area (Å²) in [5.74, 6) is 0.825. The highest BCUT2D eigenvalue weighted by atomic mass is 35.5. The highest BCUT2D eigenvalue weighted by Crippen LogP contribution is 2.39. The summed E-state index contributed by atoms with van der Waals surface area (Å²) in [6.45, 7) is 0. The Kier molecular flexibility index (Phi) is 3.72. The van der Waals surface area contributed by atoms with Crippen LogP contribution < -0.4 is 4.74 Å². The predicted octanol–water partition coefficient (Wildman–Crippen LogP) is 5.14. The van der Waals surface area contributed by atoms with Crippen LogP contribution in [0.15, 0.2) is 54.6 Å². The fraction of sp³-hybridized carbons (Fsp3) is 0.0625. The van der Waals surface area contributed by atoms with Crippen LogP contribution in [0.25, 0.3) is 21.7 Å². The Balaban J connectivity index is 2.14. The molecule has 0 fully saturated rings. The Morgan fingerprint density at radius 2 is 1.75 bits per heavy atom. The number of ether oxygens (including phenoxy) is 1. The lowest BCUT2D eigenvalue weighted by molar-refractivity contribution is 0.415. The van der Waals surface area contributed by atoms with Crippen LogP contribution in [0, 0.1) is 0 Å². The zero-order valence-electron chi connectivity index (χ0n) is 10.8. The van der Waals surface area contributed by atoms with Gasteiger partial charge in [0.25, 0.3) is 0 Å². The van der Waals surface area contributed by atoms with Gasteiger partial charge in [-0.05, 0) is 17.7 Å². The molecule has 3 rings (SSSR count). The maximum Gasteiger partial charge on any atom is 0.184 e. The SMILES string of the molecule is COc1cccc(-c2sc(Cl)nc2-c2ccccc2)c1. The molecule has 0 aliphatic rings. The van der Waals surface area contributed by atoms with Gasteiger partial charge >= 0.3 is 0 Å². The van der Waals surface area contributed by atoms with E-state index in [1.165, 1.54) is 11.3 Å². The maximum absolute atomic E-state index is 6.12. The quantitative estimate of drug-likeness (QED) is 0.668. The third-order valence-electron chi connectivity index (χ3n) is 2.98. The van der Waals surface area contributed by atoms with Crippen LogP contribution in [-0.4, -0.2) is 12.1 Å². The standard InChI is InChI=1S/C16H12ClNOS/c1-19-13-9-5-8-12(10-13)15-14(18-16(17)20-15)11-6-3-2-4-7-11/h2-10H,1H3. The van der Waals surface area contributed by atoms with Crippen molar-refractivity contribution in [2.45, 2.75) is 0 Å². The number of methoxy groups -OCH3 is 1. The second-order valence-electron chi connectivity index (χ2n) is 4.24. The minimum Gasteiger partial charge on any atom is -0.497 e. The maximum atomic E-state index is 6.12. The summed E-state index contributed by atoms with van der Waals surface area (Å²) in [6, 6.07) is 18.0. The molecule has 0 atom stereocenters. The lowest BCUT2D eigenvalue weighted by atomic mass is 10.1. The van der Waals surface area contributed by atoms with E-state index in [0.29, 0.717) is 4.47 Å². The van der Waals surface area contributed by atoms with Crippen molar-refractivity contribution in [2.24, 2.45) is 0 Å². The van der Waals surface area contributed by atoms with Gasteiger partial charge in [0.15, 0.2) is 4.47 Å². The van der Waals surface area contributed by atoms with Gasteiger partial charge < -0.3 is 4.74 Å². The smallest absolute Gasteiger partial charge is 0.184 e. The van der Waals surface area contributed by atoms with E-state index < -0.39 is 0 Å². The molecular formula is C16H12ClNOS. The monoisotopic (exact) mass is 301 g/mol. The van der Waals surface area contributed by atoms with Crippen molar-refractivity contribution in [3.05, 3.63) is 59.1 Å². The average molecular weight is 302 g/mol. The fourth-order valence-corrected chi connectivity index (χ4v) is 3.17. The third-order valence-corrected chi connectivity index (χ3v) is 4.19. The van der Waals surface area contributed by atoms with Gasteiger partial charge in [-0.1, -0.05) is 54.1 Å². The van der Waals surface area contributed by atoms with E-state index in [1.54, 1.807) is 7.11 Å². The molecule has 1 heterocycles. The first-order chi connectivity index (χ1) is 9.78. The highest BCUT2D eigenvalue weighted by molar-refractivity contribution is 7.19. The topological polar surface area (TPSA) is 22.1 Å². The van der Waals surface area contributed by atoms with Crippen LogP contribution in [0.2, 0.25) is 4.47 Å². The Hall–Kier alpha value is -1.84. The number of nitrogens with zero attached hydrogens (tertiary/aromatic N) is 1. The second-order valence-corrected chi connectivity index (χ2v) is 5.82. The number of hydrogen-bond acceptors (Lipinski definition) is 3. The number of aromatic nitrogens is 1. The first-order valence-electron chi connectivity index (χ1n) is 6.14. The van der Waals surface area contributed by atoms with E-state index >= 15 is 0 Å². The van der Waals surface area contributed by atoms with Crippen LogP contribution in [0.5, 0.6) is 5.75 Å². The Labute approximate surface area is 126 Å². The zero-order chi connectivity index (χ0) is 13.9. The van der Waals surface area contributed by atoms with Crippen molar-refractivity contribution in [3.63, 3.8) is 0 Å². The van der Waals surface area contributed by atoms with Crippen LogP contribution in [-0.2, 0) is 0 Å². The van der Waals surface area contributed by atoms with E-state index in [2.05, 4.69) is 4.98 Å². The second kappa shape index (κ2) is 5.65. The summed E-state index contributed by atoms with van der Waals surface area (Å²) in [5, 5.41) is 0. The molecule has 1 aromatic heterocycles. The first kappa shape index (κ1) is 13.2. The summed E-state index contributed by atoms with van der Waals surface area (Å²) in [5.41, 5.74) is 3.04. The minimum atomic E-state index is 0.543. The molecule has 0 saturated heterocycles. The van der Waals surface area contributed by atoms with Crippen molar-refractivity contribution in [1.82, 2.24) is 4.98 Å². The molecule has 4 heteroatoms. The molecule has 0 saturated carbocycles. The summed E-state index contributed by atoms with van der Waals surface area (Å²) in [6.07, 6.45) is 0. The molecule has 20 heavy (non-hydrogen) atoms. The third kappa shape index (κ3) is 2.55. The van der Waals surface area contributed by atoms with E-state index in [4.69, 9.17) is 16.3 Å². The molecule has 0 bridgehead atoms. The summed E-state index contributed by atoms with van der Waals surface area (Å²) < 4.78 is 5.82. The summed E-state index contributed by atoms with van der Waals surface area (Å²) in [7, 11) is 1.66. The molecule has 0 unspecified atom stereocenters. The molecule has 0 spiro atoms. The van der Waals surface area contributed by atoms with E-state index in [-0.39, 0.29) is 0 Å². The number of thiazole rings is 1. The zero-order valence-corrected chi connectivity index (χ0v) is 12.4. The molecule has 0 radical (unpaired) electrons. The van der Waals surface area contributed by atoms with E-state index in [9.17, 15) is 0 Å². The van der Waals surface area contributed by atoms with Crippen LogP contribution in [0.1, 0.15) is 0 Å². The van der Waals surface area contributed by atoms with Gasteiger partial charge in [-0.25, -0.2) is 4.98 Å². The highest BCUT2D eigenvalue weighted by Gasteiger charge is 2.14. The fourth-order valence-electron chi connectivity index (χ4n) is 2.05. The van der Waals surface area contributed by atoms with Crippen molar-refractivity contribution in [2.75, 3.05) is 7.11 Å². The molecule has 0 aliphatic carbocycles. The summed E-state index contributed by atoms with van der Waals surface area (Å²) in [4.78, 5) is 5.51. The van der Waals surface area contributed by atoms with E-state index in [1.807, 2.05) is 54.6 Å². The number of rotatable bonds is 3. The molecule has 2 nitrogen and oxygen atoms in total. The predicted molar refractivity (Wildman–Crippen MR) is 84.5 cm³/mol.